The summed E-state index contributed by atoms with van der Waals surface area (Å²) in [5, 5.41) is 9.33. The van der Waals surface area contributed by atoms with E-state index < -0.39 is 0 Å². The van der Waals surface area contributed by atoms with Gasteiger partial charge in [-0.2, -0.15) is 0 Å². The number of rotatable bonds is 6. The molecular weight excluding hydrogens is 235 g/mol. The normalized spacial score (nSPS) is 12.1. The summed E-state index contributed by atoms with van der Waals surface area (Å²) in [6, 6.07) is 20.3. The van der Waals surface area contributed by atoms with Crippen molar-refractivity contribution >= 4 is 17.8 Å². The first-order valence-electron chi connectivity index (χ1n) is 6.67. The zero-order chi connectivity index (χ0) is 13.5. The Kier molecular flexibility index (Phi) is 5.19. The zero-order valence-electron chi connectivity index (χ0n) is 11.2. The van der Waals surface area contributed by atoms with Crippen LogP contribution in [0.5, 0.6) is 0 Å². The van der Waals surface area contributed by atoms with E-state index in [1.165, 1.54) is 0 Å². The fraction of sp³-hybridized carbons (Fsp3) is 0.250. The molecule has 0 spiro atoms. The van der Waals surface area contributed by atoms with Crippen molar-refractivity contribution in [3.05, 3.63) is 60.7 Å². The number of hydrogen-bond donors (Lipinski definition) is 1. The van der Waals surface area contributed by atoms with Crippen LogP contribution in [0.15, 0.2) is 60.7 Å². The molecule has 2 aromatic rings. The van der Waals surface area contributed by atoms with Crippen LogP contribution >= 0.6 is 0 Å². The van der Waals surface area contributed by atoms with Crippen LogP contribution in [-0.4, -0.2) is 24.7 Å². The molecule has 1 N–H and O–H groups in total. The lowest BCUT2D eigenvalue weighted by Gasteiger charge is -2.16. The summed E-state index contributed by atoms with van der Waals surface area (Å²) in [5.41, 5.74) is 2.28. The molecule has 0 aromatic heterocycles. The molecular formula is C16H19BO2. The molecule has 0 aliphatic heterocycles. The Bertz CT molecular complexity index is 431. The summed E-state index contributed by atoms with van der Waals surface area (Å²) in [4.78, 5) is 0. The SMILES string of the molecule is CC(O)CCOB(c1ccccc1)c1ccccc1. The predicted octanol–water partition coefficient (Wildman–Crippen LogP) is 1.58. The fourth-order valence-electron chi connectivity index (χ4n) is 2.00. The number of benzene rings is 2. The van der Waals surface area contributed by atoms with Crippen LogP contribution in [0.3, 0.4) is 0 Å². The van der Waals surface area contributed by atoms with E-state index >= 15 is 0 Å². The van der Waals surface area contributed by atoms with Crippen LogP contribution in [0, 0.1) is 0 Å². The van der Waals surface area contributed by atoms with Crippen molar-refractivity contribution in [1.29, 1.82) is 0 Å². The first-order valence-corrected chi connectivity index (χ1v) is 6.67. The van der Waals surface area contributed by atoms with Crippen molar-refractivity contribution in [2.45, 2.75) is 19.4 Å². The molecule has 0 amide bonds. The first-order chi connectivity index (χ1) is 9.27. The van der Waals surface area contributed by atoms with Gasteiger partial charge >= 0.3 is 6.92 Å². The lowest BCUT2D eigenvalue weighted by Crippen LogP contribution is -2.45. The third-order valence-electron chi connectivity index (χ3n) is 3.02. The van der Waals surface area contributed by atoms with Crippen LogP contribution < -0.4 is 10.9 Å². The van der Waals surface area contributed by atoms with E-state index in [9.17, 15) is 5.11 Å². The summed E-state index contributed by atoms with van der Waals surface area (Å²) < 4.78 is 5.97. The van der Waals surface area contributed by atoms with Gasteiger partial charge in [0.2, 0.25) is 0 Å². The Balaban J connectivity index is 2.14. The second kappa shape index (κ2) is 7.12. The Morgan fingerprint density at radius 2 is 1.42 bits per heavy atom. The lowest BCUT2D eigenvalue weighted by molar-refractivity contribution is 0.157. The second-order valence-corrected chi connectivity index (χ2v) is 4.71. The minimum atomic E-state index is -0.327. The van der Waals surface area contributed by atoms with Crippen molar-refractivity contribution in [3.63, 3.8) is 0 Å². The third kappa shape index (κ3) is 4.23. The molecule has 0 bridgehead atoms. The van der Waals surface area contributed by atoms with Crippen LogP contribution in [0.25, 0.3) is 0 Å². The van der Waals surface area contributed by atoms with Crippen LogP contribution in [-0.2, 0) is 4.65 Å². The van der Waals surface area contributed by atoms with Gasteiger partial charge in [-0.1, -0.05) is 60.7 Å². The van der Waals surface area contributed by atoms with Crippen LogP contribution in [0.1, 0.15) is 13.3 Å². The highest BCUT2D eigenvalue weighted by Gasteiger charge is 2.20. The maximum Gasteiger partial charge on any atom is 0.361 e. The first kappa shape index (κ1) is 13.8. The van der Waals surface area contributed by atoms with Gasteiger partial charge in [0.05, 0.1) is 6.10 Å². The predicted molar refractivity (Wildman–Crippen MR) is 80.2 cm³/mol. The maximum atomic E-state index is 9.33. The van der Waals surface area contributed by atoms with E-state index in [-0.39, 0.29) is 13.0 Å². The molecule has 98 valence electrons. The number of hydrogen-bond acceptors (Lipinski definition) is 2. The Labute approximate surface area is 115 Å². The molecule has 0 heterocycles. The maximum absolute atomic E-state index is 9.33. The standard InChI is InChI=1S/C16H19BO2/c1-14(18)12-13-19-17(15-8-4-2-5-9-15)16-10-6-3-7-11-16/h2-11,14,18H,12-13H2,1H3. The highest BCUT2D eigenvalue weighted by Crippen LogP contribution is 1.97. The summed E-state index contributed by atoms with van der Waals surface area (Å²) in [6.07, 6.45) is 0.322. The minimum Gasteiger partial charge on any atom is -0.427 e. The molecule has 2 rings (SSSR count). The molecule has 0 aliphatic carbocycles. The van der Waals surface area contributed by atoms with Gasteiger partial charge in [0.15, 0.2) is 0 Å². The van der Waals surface area contributed by atoms with Crippen LogP contribution in [0.2, 0.25) is 0 Å². The number of aliphatic hydroxyl groups excluding tert-OH is 1. The van der Waals surface area contributed by atoms with E-state index in [4.69, 9.17) is 4.65 Å². The highest BCUT2D eigenvalue weighted by atomic mass is 16.4. The van der Waals surface area contributed by atoms with E-state index in [2.05, 4.69) is 24.3 Å². The van der Waals surface area contributed by atoms with Gasteiger partial charge in [0.1, 0.15) is 0 Å². The molecule has 1 atom stereocenters. The number of aliphatic hydroxyl groups is 1. The zero-order valence-corrected chi connectivity index (χ0v) is 11.2. The lowest BCUT2D eigenvalue weighted by atomic mass is 9.55. The smallest absolute Gasteiger partial charge is 0.361 e. The average Bonchev–Trinajstić information content (AvgIpc) is 2.45. The topological polar surface area (TPSA) is 29.5 Å². The van der Waals surface area contributed by atoms with Gasteiger partial charge < -0.3 is 9.76 Å². The molecule has 0 radical (unpaired) electrons. The third-order valence-corrected chi connectivity index (χ3v) is 3.02. The van der Waals surface area contributed by atoms with E-state index in [0.29, 0.717) is 13.0 Å². The molecule has 0 fully saturated rings. The van der Waals surface area contributed by atoms with Crippen molar-refractivity contribution in [2.75, 3.05) is 6.61 Å². The van der Waals surface area contributed by atoms with Gasteiger partial charge in [0.25, 0.3) is 0 Å². The van der Waals surface area contributed by atoms with Gasteiger partial charge in [-0.15, -0.1) is 0 Å². The van der Waals surface area contributed by atoms with E-state index in [1.54, 1.807) is 6.92 Å². The molecule has 2 nitrogen and oxygen atoms in total. The summed E-state index contributed by atoms with van der Waals surface area (Å²) in [7, 11) is 0. The van der Waals surface area contributed by atoms with Gasteiger partial charge in [0, 0.05) is 6.61 Å². The van der Waals surface area contributed by atoms with Crippen LogP contribution in [0.4, 0.5) is 0 Å². The fourth-order valence-corrected chi connectivity index (χ4v) is 2.00. The van der Waals surface area contributed by atoms with E-state index in [0.717, 1.165) is 10.9 Å². The monoisotopic (exact) mass is 254 g/mol. The molecule has 3 heteroatoms. The van der Waals surface area contributed by atoms with Crippen molar-refractivity contribution in [1.82, 2.24) is 0 Å². The quantitative estimate of drug-likeness (QED) is 0.793. The molecule has 0 saturated heterocycles. The summed E-state index contributed by atoms with van der Waals surface area (Å²) in [5.74, 6) is 0. The van der Waals surface area contributed by atoms with E-state index in [1.807, 2.05) is 36.4 Å². The molecule has 0 aliphatic rings. The molecule has 1 unspecified atom stereocenters. The van der Waals surface area contributed by atoms with Gasteiger partial charge in [-0.05, 0) is 24.3 Å². The minimum absolute atomic E-state index is 0.0684. The largest absolute Gasteiger partial charge is 0.427 e. The van der Waals surface area contributed by atoms with Crippen molar-refractivity contribution < 1.29 is 9.76 Å². The molecule has 0 saturated carbocycles. The summed E-state index contributed by atoms with van der Waals surface area (Å²) >= 11 is 0. The Morgan fingerprint density at radius 3 is 1.84 bits per heavy atom. The van der Waals surface area contributed by atoms with Gasteiger partial charge in [-0.3, -0.25) is 0 Å². The Morgan fingerprint density at radius 1 is 0.947 bits per heavy atom. The van der Waals surface area contributed by atoms with Crippen molar-refractivity contribution in [3.8, 4) is 0 Å². The second-order valence-electron chi connectivity index (χ2n) is 4.71. The highest BCUT2D eigenvalue weighted by molar-refractivity contribution is 6.80. The van der Waals surface area contributed by atoms with Gasteiger partial charge in [-0.25, -0.2) is 0 Å². The molecule has 19 heavy (non-hydrogen) atoms. The average molecular weight is 254 g/mol. The molecule has 2 aromatic carbocycles. The summed E-state index contributed by atoms with van der Waals surface area (Å²) in [6.45, 7) is 2.26. The Hall–Kier alpha value is -1.58. The van der Waals surface area contributed by atoms with Crippen molar-refractivity contribution in [2.24, 2.45) is 0 Å².